The van der Waals surface area contributed by atoms with Crippen LogP contribution < -0.4 is 16.0 Å². The Hall–Kier alpha value is -2.62. The van der Waals surface area contributed by atoms with Gasteiger partial charge in [0.2, 0.25) is 11.8 Å². The molecule has 6 rings (SSSR count). The standard InChI is InChI=1S/C29H37F3N4O3/c30-29(31,32)21-6-7-23(21)33-18-11-14-28(15-12-18,13-10-17-4-5-17)35-22-3-1-2-19-20(22)16-36(27(19)39)24-8-9-25(37)34-26(24)38/h1-3,17-18,21,23-24,33,35H,4-16H2,(H,34,37,38)/t18?,21-,23-,24?,28?/m0/s1. The summed E-state index contributed by atoms with van der Waals surface area (Å²) in [5, 5.41) is 9.51. The Bertz CT molecular complexity index is 1140. The van der Waals surface area contributed by atoms with Gasteiger partial charge >= 0.3 is 6.18 Å². The molecule has 7 nitrogen and oxygen atoms in total. The van der Waals surface area contributed by atoms with Gasteiger partial charge in [-0.2, -0.15) is 13.2 Å². The Morgan fingerprint density at radius 2 is 1.77 bits per heavy atom. The van der Waals surface area contributed by atoms with Crippen molar-refractivity contribution in [2.24, 2.45) is 11.8 Å². The number of imide groups is 1. The number of nitrogens with zero attached hydrogens (tertiary/aromatic N) is 1. The van der Waals surface area contributed by atoms with Crippen LogP contribution >= 0.6 is 0 Å². The van der Waals surface area contributed by atoms with E-state index in [4.69, 9.17) is 0 Å². The minimum absolute atomic E-state index is 0.0853. The number of benzene rings is 1. The topological polar surface area (TPSA) is 90.5 Å². The maximum Gasteiger partial charge on any atom is 0.393 e. The quantitative estimate of drug-likeness (QED) is 0.413. The van der Waals surface area contributed by atoms with E-state index in [1.54, 1.807) is 11.0 Å². The number of anilines is 1. The molecule has 10 heteroatoms. The van der Waals surface area contributed by atoms with Crippen LogP contribution in [-0.4, -0.2) is 52.5 Å². The fraction of sp³-hybridized carbons (Fsp3) is 0.690. The van der Waals surface area contributed by atoms with Crippen molar-refractivity contribution in [1.29, 1.82) is 0 Å². The molecular formula is C29H37F3N4O3. The van der Waals surface area contributed by atoms with Crippen molar-refractivity contribution >= 4 is 23.4 Å². The molecule has 0 aromatic heterocycles. The van der Waals surface area contributed by atoms with Crippen molar-refractivity contribution in [2.75, 3.05) is 5.32 Å². The van der Waals surface area contributed by atoms with Crippen LogP contribution in [0.3, 0.4) is 0 Å². The van der Waals surface area contributed by atoms with E-state index in [-0.39, 0.29) is 36.2 Å². The number of piperidine rings is 1. The van der Waals surface area contributed by atoms with Crippen LogP contribution in [0.2, 0.25) is 0 Å². The molecule has 3 saturated carbocycles. The van der Waals surface area contributed by atoms with Gasteiger partial charge < -0.3 is 15.5 Å². The van der Waals surface area contributed by atoms with Crippen molar-refractivity contribution in [3.63, 3.8) is 0 Å². The average molecular weight is 547 g/mol. The van der Waals surface area contributed by atoms with E-state index < -0.39 is 30.1 Å². The van der Waals surface area contributed by atoms with Crippen molar-refractivity contribution in [3.05, 3.63) is 29.3 Å². The Morgan fingerprint density at radius 1 is 1.00 bits per heavy atom. The van der Waals surface area contributed by atoms with Crippen LogP contribution in [0.25, 0.3) is 0 Å². The average Bonchev–Trinajstić information content (AvgIpc) is 3.64. The molecule has 1 saturated heterocycles. The van der Waals surface area contributed by atoms with Gasteiger partial charge in [0.1, 0.15) is 6.04 Å². The number of nitrogens with one attached hydrogen (secondary N) is 3. The van der Waals surface area contributed by atoms with E-state index in [1.807, 2.05) is 12.1 Å². The molecule has 1 aromatic carbocycles. The molecule has 3 amide bonds. The summed E-state index contributed by atoms with van der Waals surface area (Å²) < 4.78 is 39.8. The van der Waals surface area contributed by atoms with Gasteiger partial charge in [0.05, 0.1) is 5.92 Å². The van der Waals surface area contributed by atoms with Gasteiger partial charge in [0, 0.05) is 47.4 Å². The first-order valence-corrected chi connectivity index (χ1v) is 14.5. The summed E-state index contributed by atoms with van der Waals surface area (Å²) in [6.07, 6.45) is 5.19. The van der Waals surface area contributed by atoms with E-state index in [1.165, 1.54) is 12.8 Å². The number of carbonyl (C=O) groups is 3. The van der Waals surface area contributed by atoms with Crippen LogP contribution in [0.5, 0.6) is 0 Å². The number of hydrogen-bond donors (Lipinski definition) is 3. The molecule has 1 aromatic rings. The predicted molar refractivity (Wildman–Crippen MR) is 139 cm³/mol. The second-order valence-electron chi connectivity index (χ2n) is 12.4. The predicted octanol–water partition coefficient (Wildman–Crippen LogP) is 4.66. The van der Waals surface area contributed by atoms with Gasteiger partial charge in [-0.05, 0) is 75.8 Å². The van der Waals surface area contributed by atoms with Crippen molar-refractivity contribution in [2.45, 2.75) is 113 Å². The molecule has 0 spiro atoms. The maximum absolute atomic E-state index is 13.3. The lowest BCUT2D eigenvalue weighted by Crippen LogP contribution is -2.56. The molecular weight excluding hydrogens is 509 g/mol. The monoisotopic (exact) mass is 546 g/mol. The molecule has 39 heavy (non-hydrogen) atoms. The summed E-state index contributed by atoms with van der Waals surface area (Å²) in [6, 6.07) is 4.61. The van der Waals surface area contributed by atoms with Crippen LogP contribution in [0.15, 0.2) is 18.2 Å². The second kappa shape index (κ2) is 10.1. The zero-order valence-corrected chi connectivity index (χ0v) is 22.1. The summed E-state index contributed by atoms with van der Waals surface area (Å²) in [5.74, 6) is -1.39. The number of alkyl halides is 3. The number of carbonyl (C=O) groups excluding carboxylic acids is 3. The molecule has 5 aliphatic rings. The van der Waals surface area contributed by atoms with Crippen molar-refractivity contribution < 1.29 is 27.6 Å². The minimum Gasteiger partial charge on any atom is -0.379 e. The number of fused-ring (bicyclic) bond motifs is 1. The maximum atomic E-state index is 13.3. The number of amides is 3. The highest BCUT2D eigenvalue weighted by Crippen LogP contribution is 2.45. The molecule has 1 unspecified atom stereocenters. The summed E-state index contributed by atoms with van der Waals surface area (Å²) in [6.45, 7) is 0.313. The molecule has 3 aliphatic carbocycles. The summed E-state index contributed by atoms with van der Waals surface area (Å²) in [7, 11) is 0. The summed E-state index contributed by atoms with van der Waals surface area (Å²) in [4.78, 5) is 39.0. The minimum atomic E-state index is -4.13. The molecule has 2 heterocycles. The normalized spacial score (nSPS) is 33.0. The van der Waals surface area contributed by atoms with Crippen LogP contribution in [0.1, 0.15) is 93.0 Å². The highest BCUT2D eigenvalue weighted by molar-refractivity contribution is 6.06. The van der Waals surface area contributed by atoms with E-state index >= 15 is 0 Å². The highest BCUT2D eigenvalue weighted by Gasteiger charge is 2.51. The summed E-state index contributed by atoms with van der Waals surface area (Å²) >= 11 is 0. The Labute approximate surface area is 226 Å². The molecule has 0 radical (unpaired) electrons. The van der Waals surface area contributed by atoms with E-state index in [2.05, 4.69) is 16.0 Å². The molecule has 4 fully saturated rings. The number of hydrogen-bond acceptors (Lipinski definition) is 5. The van der Waals surface area contributed by atoms with Gasteiger partial charge in [0.15, 0.2) is 0 Å². The first-order valence-electron chi connectivity index (χ1n) is 14.5. The largest absolute Gasteiger partial charge is 0.393 e. The van der Waals surface area contributed by atoms with Crippen molar-refractivity contribution in [1.82, 2.24) is 15.5 Å². The Morgan fingerprint density at radius 3 is 2.41 bits per heavy atom. The molecule has 3 atom stereocenters. The third kappa shape index (κ3) is 5.41. The second-order valence-corrected chi connectivity index (χ2v) is 12.4. The molecule has 3 N–H and O–H groups in total. The molecule has 2 aliphatic heterocycles. The smallest absolute Gasteiger partial charge is 0.379 e. The van der Waals surface area contributed by atoms with Crippen molar-refractivity contribution in [3.8, 4) is 0 Å². The van der Waals surface area contributed by atoms with Crippen LogP contribution in [0.4, 0.5) is 18.9 Å². The van der Waals surface area contributed by atoms with Gasteiger partial charge in [-0.15, -0.1) is 0 Å². The highest BCUT2D eigenvalue weighted by atomic mass is 19.4. The fourth-order valence-corrected chi connectivity index (χ4v) is 7.04. The van der Waals surface area contributed by atoms with E-state index in [9.17, 15) is 27.6 Å². The first-order chi connectivity index (χ1) is 18.6. The zero-order chi connectivity index (χ0) is 27.4. The van der Waals surface area contributed by atoms with E-state index in [0.717, 1.165) is 55.7 Å². The van der Waals surface area contributed by atoms with Gasteiger partial charge in [-0.3, -0.25) is 19.7 Å². The third-order valence-electron chi connectivity index (χ3n) is 9.80. The Balaban J connectivity index is 1.16. The van der Waals surface area contributed by atoms with Gasteiger partial charge in [-0.25, -0.2) is 0 Å². The lowest BCUT2D eigenvalue weighted by molar-refractivity contribution is -0.204. The summed E-state index contributed by atoms with van der Waals surface area (Å²) in [5.41, 5.74) is 2.18. The SMILES string of the molecule is O=C1CCC(N2Cc3c(NC4(CCC5CC5)CCC(N[C@H]5CC[C@@H]5C(F)(F)F)CC4)cccc3C2=O)C(=O)N1. The lowest BCUT2D eigenvalue weighted by atomic mass is 9.74. The lowest BCUT2D eigenvalue weighted by Gasteiger charge is -2.46. The number of halogens is 3. The van der Waals surface area contributed by atoms with Crippen LogP contribution in [0, 0.1) is 11.8 Å². The van der Waals surface area contributed by atoms with Crippen LogP contribution in [-0.2, 0) is 16.1 Å². The molecule has 0 bridgehead atoms. The first kappa shape index (κ1) is 26.6. The third-order valence-corrected chi connectivity index (χ3v) is 9.80. The Kier molecular flexibility index (Phi) is 6.88. The van der Waals surface area contributed by atoms with E-state index in [0.29, 0.717) is 24.9 Å². The number of rotatable bonds is 8. The van der Waals surface area contributed by atoms with Gasteiger partial charge in [-0.1, -0.05) is 18.9 Å². The van der Waals surface area contributed by atoms with Gasteiger partial charge in [0.25, 0.3) is 5.91 Å². The fourth-order valence-electron chi connectivity index (χ4n) is 7.04. The molecule has 212 valence electrons. The zero-order valence-electron chi connectivity index (χ0n) is 22.1.